The van der Waals surface area contributed by atoms with Crippen LogP contribution in [0.1, 0.15) is 26.7 Å². The number of aliphatic carboxylic acids is 1. The highest BCUT2D eigenvalue weighted by Gasteiger charge is 2.30. The van der Waals surface area contributed by atoms with Crippen LogP contribution in [0.25, 0.3) is 0 Å². The minimum atomic E-state index is -0.982. The van der Waals surface area contributed by atoms with Gasteiger partial charge in [0.15, 0.2) is 0 Å². The quantitative estimate of drug-likeness (QED) is 0.689. The van der Waals surface area contributed by atoms with Crippen molar-refractivity contribution in [2.75, 3.05) is 6.54 Å². The van der Waals surface area contributed by atoms with Crippen molar-refractivity contribution in [3.8, 4) is 0 Å². The van der Waals surface area contributed by atoms with Crippen LogP contribution in [0.4, 0.5) is 0 Å². The molecule has 0 saturated carbocycles. The summed E-state index contributed by atoms with van der Waals surface area (Å²) in [6.07, 6.45) is 4.90. The Bertz CT molecular complexity index is 328. The lowest BCUT2D eigenvalue weighted by Crippen LogP contribution is -2.44. The average Bonchev–Trinajstić information content (AvgIpc) is 2.70. The van der Waals surface area contributed by atoms with Gasteiger partial charge < -0.3 is 15.7 Å². The van der Waals surface area contributed by atoms with Crippen LogP contribution < -0.4 is 5.73 Å². The third-order valence-electron chi connectivity index (χ3n) is 3.15. The third kappa shape index (κ3) is 3.56. The lowest BCUT2D eigenvalue weighted by molar-refractivity contribution is -0.147. The summed E-state index contributed by atoms with van der Waals surface area (Å²) in [5.41, 5.74) is 5.70. The van der Waals surface area contributed by atoms with Crippen molar-refractivity contribution in [3.05, 3.63) is 12.2 Å². The monoisotopic (exact) mass is 240 g/mol. The second kappa shape index (κ2) is 5.82. The maximum atomic E-state index is 12.2. The summed E-state index contributed by atoms with van der Waals surface area (Å²) in [6, 6.07) is -0.156. The predicted molar refractivity (Wildman–Crippen MR) is 64.3 cm³/mol. The van der Waals surface area contributed by atoms with Gasteiger partial charge in [0.05, 0.1) is 5.92 Å². The van der Waals surface area contributed by atoms with Crippen molar-refractivity contribution in [2.24, 2.45) is 11.7 Å². The van der Waals surface area contributed by atoms with E-state index in [0.717, 1.165) is 6.42 Å². The fraction of sp³-hybridized carbons (Fsp3) is 0.667. The first kappa shape index (κ1) is 13.7. The number of rotatable bonds is 5. The normalized spacial score (nSPS) is 24.6. The molecule has 0 aromatic carbocycles. The molecule has 0 radical (unpaired) electrons. The number of hydrogen-bond acceptors (Lipinski definition) is 3. The van der Waals surface area contributed by atoms with E-state index in [-0.39, 0.29) is 30.5 Å². The largest absolute Gasteiger partial charge is 0.480 e. The fourth-order valence-electron chi connectivity index (χ4n) is 1.94. The molecule has 1 amide bonds. The van der Waals surface area contributed by atoms with E-state index in [1.807, 2.05) is 13.8 Å². The molecule has 1 aliphatic rings. The molecule has 0 aromatic rings. The summed E-state index contributed by atoms with van der Waals surface area (Å²) in [4.78, 5) is 24.4. The van der Waals surface area contributed by atoms with Crippen LogP contribution in [0.5, 0.6) is 0 Å². The van der Waals surface area contributed by atoms with E-state index in [0.29, 0.717) is 6.42 Å². The zero-order valence-electron chi connectivity index (χ0n) is 10.3. The second-order valence-corrected chi connectivity index (χ2v) is 4.51. The number of carboxylic acid groups (broad SMARTS) is 1. The molecule has 5 nitrogen and oxygen atoms in total. The SMILES string of the molecule is CCC(C)N(CC(=O)O)C(=O)C1C=CC(N)C1. The van der Waals surface area contributed by atoms with Gasteiger partial charge in [0, 0.05) is 12.1 Å². The minimum absolute atomic E-state index is 0.0659. The summed E-state index contributed by atoms with van der Waals surface area (Å²) in [6.45, 7) is 3.55. The summed E-state index contributed by atoms with van der Waals surface area (Å²) < 4.78 is 0. The van der Waals surface area contributed by atoms with Crippen molar-refractivity contribution < 1.29 is 14.7 Å². The Hall–Kier alpha value is -1.36. The van der Waals surface area contributed by atoms with E-state index >= 15 is 0 Å². The lowest BCUT2D eigenvalue weighted by Gasteiger charge is -2.29. The molecule has 0 fully saturated rings. The summed E-state index contributed by atoms with van der Waals surface area (Å²) in [5.74, 6) is -1.38. The van der Waals surface area contributed by atoms with E-state index in [4.69, 9.17) is 10.8 Å². The van der Waals surface area contributed by atoms with Crippen molar-refractivity contribution in [2.45, 2.75) is 38.8 Å². The number of amides is 1. The zero-order chi connectivity index (χ0) is 13.0. The number of carbonyl (C=O) groups excluding carboxylic acids is 1. The first-order valence-electron chi connectivity index (χ1n) is 5.91. The summed E-state index contributed by atoms with van der Waals surface area (Å²) in [7, 11) is 0. The number of carbonyl (C=O) groups is 2. The third-order valence-corrected chi connectivity index (χ3v) is 3.15. The Labute approximate surface area is 101 Å². The highest BCUT2D eigenvalue weighted by atomic mass is 16.4. The molecule has 0 aliphatic heterocycles. The molecule has 0 saturated heterocycles. The van der Waals surface area contributed by atoms with Gasteiger partial charge in [-0.05, 0) is 19.8 Å². The van der Waals surface area contributed by atoms with Gasteiger partial charge in [-0.3, -0.25) is 9.59 Å². The molecule has 1 rings (SSSR count). The number of hydrogen-bond donors (Lipinski definition) is 2. The molecule has 0 aromatic heterocycles. The smallest absolute Gasteiger partial charge is 0.323 e. The number of carboxylic acids is 1. The molecule has 0 spiro atoms. The van der Waals surface area contributed by atoms with Gasteiger partial charge in [-0.2, -0.15) is 0 Å². The Balaban J connectivity index is 2.72. The van der Waals surface area contributed by atoms with Crippen LogP contribution in [0.15, 0.2) is 12.2 Å². The molecule has 3 atom stereocenters. The molecule has 5 heteroatoms. The highest BCUT2D eigenvalue weighted by Crippen LogP contribution is 2.20. The topological polar surface area (TPSA) is 83.6 Å². The number of nitrogens with zero attached hydrogens (tertiary/aromatic N) is 1. The summed E-state index contributed by atoms with van der Waals surface area (Å²) in [5, 5.41) is 8.84. The Kier molecular flexibility index (Phi) is 4.69. The molecule has 1 aliphatic carbocycles. The summed E-state index contributed by atoms with van der Waals surface area (Å²) >= 11 is 0. The Morgan fingerprint density at radius 3 is 2.59 bits per heavy atom. The van der Waals surface area contributed by atoms with E-state index in [1.165, 1.54) is 4.90 Å². The molecule has 0 bridgehead atoms. The lowest BCUT2D eigenvalue weighted by atomic mass is 10.0. The first-order valence-corrected chi connectivity index (χ1v) is 5.91. The Morgan fingerprint density at radius 2 is 2.18 bits per heavy atom. The molecule has 0 heterocycles. The molecule has 96 valence electrons. The van der Waals surface area contributed by atoms with Crippen molar-refractivity contribution in [1.82, 2.24) is 4.90 Å². The maximum absolute atomic E-state index is 12.2. The maximum Gasteiger partial charge on any atom is 0.323 e. The molecule has 3 unspecified atom stereocenters. The van der Waals surface area contributed by atoms with Gasteiger partial charge in [-0.1, -0.05) is 19.1 Å². The molecular weight excluding hydrogens is 220 g/mol. The minimum Gasteiger partial charge on any atom is -0.480 e. The van der Waals surface area contributed by atoms with Crippen molar-refractivity contribution in [3.63, 3.8) is 0 Å². The van der Waals surface area contributed by atoms with Crippen LogP contribution >= 0.6 is 0 Å². The van der Waals surface area contributed by atoms with Crippen LogP contribution in [0, 0.1) is 5.92 Å². The average molecular weight is 240 g/mol. The van der Waals surface area contributed by atoms with Crippen LogP contribution in [0.2, 0.25) is 0 Å². The van der Waals surface area contributed by atoms with Gasteiger partial charge in [-0.25, -0.2) is 0 Å². The van der Waals surface area contributed by atoms with Crippen molar-refractivity contribution in [1.29, 1.82) is 0 Å². The van der Waals surface area contributed by atoms with Crippen LogP contribution in [-0.2, 0) is 9.59 Å². The first-order chi connectivity index (χ1) is 7.95. The van der Waals surface area contributed by atoms with E-state index in [9.17, 15) is 9.59 Å². The van der Waals surface area contributed by atoms with Crippen LogP contribution in [-0.4, -0.2) is 40.5 Å². The standard InChI is InChI=1S/C12H20N2O3/c1-3-8(2)14(7-11(15)16)12(17)9-4-5-10(13)6-9/h4-5,8-10H,3,6-7,13H2,1-2H3,(H,15,16). The van der Waals surface area contributed by atoms with E-state index in [1.54, 1.807) is 12.2 Å². The van der Waals surface area contributed by atoms with Crippen molar-refractivity contribution >= 4 is 11.9 Å². The van der Waals surface area contributed by atoms with Crippen LogP contribution in [0.3, 0.4) is 0 Å². The highest BCUT2D eigenvalue weighted by molar-refractivity contribution is 5.85. The number of nitrogens with two attached hydrogens (primary N) is 1. The van der Waals surface area contributed by atoms with Gasteiger partial charge in [0.25, 0.3) is 0 Å². The van der Waals surface area contributed by atoms with E-state index < -0.39 is 5.97 Å². The molecule has 3 N–H and O–H groups in total. The second-order valence-electron chi connectivity index (χ2n) is 4.51. The zero-order valence-corrected chi connectivity index (χ0v) is 10.3. The Morgan fingerprint density at radius 1 is 1.53 bits per heavy atom. The van der Waals surface area contributed by atoms with Gasteiger partial charge in [0.1, 0.15) is 6.54 Å². The van der Waals surface area contributed by atoms with Gasteiger partial charge in [-0.15, -0.1) is 0 Å². The van der Waals surface area contributed by atoms with Gasteiger partial charge >= 0.3 is 5.97 Å². The predicted octanol–water partition coefficient (Wildman–Crippen LogP) is 0.601. The van der Waals surface area contributed by atoms with Gasteiger partial charge in [0.2, 0.25) is 5.91 Å². The van der Waals surface area contributed by atoms with E-state index in [2.05, 4.69) is 0 Å². The molecule has 17 heavy (non-hydrogen) atoms. The fourth-order valence-corrected chi connectivity index (χ4v) is 1.94. The molecular formula is C12H20N2O3.